The van der Waals surface area contributed by atoms with Crippen molar-refractivity contribution in [2.24, 2.45) is 0 Å². The zero-order chi connectivity index (χ0) is 14.1. The molecule has 0 fully saturated rings. The molecule has 0 aliphatic heterocycles. The number of aryl methyl sites for hydroxylation is 2. The molecule has 0 aliphatic rings. The fourth-order valence-electron chi connectivity index (χ4n) is 2.26. The number of pyridine rings is 1. The lowest BCUT2D eigenvalue weighted by Gasteiger charge is -1.99. The second-order valence-electron chi connectivity index (χ2n) is 4.76. The Labute approximate surface area is 121 Å². The Kier molecular flexibility index (Phi) is 3.24. The van der Waals surface area contributed by atoms with Gasteiger partial charge in [-0.25, -0.2) is 4.98 Å². The summed E-state index contributed by atoms with van der Waals surface area (Å²) in [5.74, 6) is 0. The summed E-state index contributed by atoms with van der Waals surface area (Å²) in [5.41, 5.74) is 9.48. The Morgan fingerprint density at radius 1 is 1.05 bits per heavy atom. The maximum absolute atomic E-state index is 6.11. The van der Waals surface area contributed by atoms with Gasteiger partial charge in [-0.05, 0) is 37.6 Å². The molecule has 2 N–H and O–H groups in total. The Bertz CT molecular complexity index is 727. The molecule has 0 spiro atoms. The first kappa shape index (κ1) is 12.8. The molecule has 2 heterocycles. The van der Waals surface area contributed by atoms with Crippen LogP contribution in [-0.4, -0.2) is 9.97 Å². The van der Waals surface area contributed by atoms with Crippen LogP contribution in [-0.2, 0) is 0 Å². The van der Waals surface area contributed by atoms with E-state index in [0.29, 0.717) is 5.13 Å². The summed E-state index contributed by atoms with van der Waals surface area (Å²) < 4.78 is 0. The second-order valence-corrected chi connectivity index (χ2v) is 6.65. The zero-order valence-electron chi connectivity index (χ0n) is 11.5. The smallest absolute Gasteiger partial charge is 0.339 e. The molecule has 1 aromatic carbocycles. The number of hydrogen-bond acceptors (Lipinski definition) is 3. The van der Waals surface area contributed by atoms with Gasteiger partial charge in [-0.2, -0.15) is 4.98 Å². The third-order valence-electron chi connectivity index (χ3n) is 3.08. The maximum atomic E-state index is 6.11. The Balaban J connectivity index is 2.22. The van der Waals surface area contributed by atoms with Gasteiger partial charge in [0, 0.05) is 17.3 Å². The van der Waals surface area contributed by atoms with Crippen LogP contribution in [0, 0.1) is 13.8 Å². The quantitative estimate of drug-likeness (QED) is 0.720. The first-order valence-corrected chi connectivity index (χ1v) is 7.66. The highest BCUT2D eigenvalue weighted by Gasteiger charge is 2.26. The number of nitrogens with two attached hydrogens (primary N) is 1. The van der Waals surface area contributed by atoms with Crippen LogP contribution in [0.4, 0.5) is 5.13 Å². The molecule has 2 aromatic heterocycles. The number of hydrogen-bond donors (Lipinski definition) is 1. The van der Waals surface area contributed by atoms with Gasteiger partial charge >= 0.3 is 5.13 Å². The van der Waals surface area contributed by atoms with E-state index in [-0.39, 0.29) is 10.5 Å². The minimum atomic E-state index is -0.367. The third-order valence-corrected chi connectivity index (χ3v) is 5.01. The lowest BCUT2D eigenvalue weighted by atomic mass is 10.2. The first-order valence-electron chi connectivity index (χ1n) is 6.43. The molecule has 0 bridgehead atoms. The van der Waals surface area contributed by atoms with Gasteiger partial charge in [0.1, 0.15) is 0 Å². The van der Waals surface area contributed by atoms with Crippen molar-refractivity contribution in [1.82, 2.24) is 9.97 Å². The average Bonchev–Trinajstić information content (AvgIpc) is 2.80. The van der Waals surface area contributed by atoms with E-state index in [2.05, 4.69) is 41.2 Å². The summed E-state index contributed by atoms with van der Waals surface area (Å²) in [5, 5.41) is 1.64. The number of rotatable bonds is 2. The Hall–Kier alpha value is -2.20. The molecule has 0 saturated carbocycles. The molecule has 1 atom stereocenters. The lowest BCUT2D eigenvalue weighted by Crippen LogP contribution is -1.89. The summed E-state index contributed by atoms with van der Waals surface area (Å²) in [6, 6.07) is 14.4. The topological polar surface area (TPSA) is 51.8 Å². The van der Waals surface area contributed by atoms with Crippen LogP contribution in [0.3, 0.4) is 0 Å². The molecular weight excluding hydrogens is 266 g/mol. The van der Waals surface area contributed by atoms with Crippen molar-refractivity contribution in [3.63, 3.8) is 0 Å². The average molecular weight is 282 g/mol. The van der Waals surface area contributed by atoms with Crippen molar-refractivity contribution >= 4 is 15.6 Å². The van der Waals surface area contributed by atoms with Crippen LogP contribution >= 0.6 is 10.5 Å². The molecule has 0 saturated heterocycles. The van der Waals surface area contributed by atoms with E-state index in [1.165, 1.54) is 5.56 Å². The fourth-order valence-corrected chi connectivity index (χ4v) is 4.16. The number of thiazole rings is 1. The van der Waals surface area contributed by atoms with E-state index in [1.807, 2.05) is 31.3 Å². The molecule has 1 unspecified atom stereocenters. The number of benzene rings is 1. The normalized spacial score (nSPS) is 11.6. The molecule has 4 heteroatoms. The van der Waals surface area contributed by atoms with Crippen LogP contribution < -0.4 is 5.73 Å². The van der Waals surface area contributed by atoms with Crippen molar-refractivity contribution in [3.8, 4) is 15.5 Å². The monoisotopic (exact) mass is 282 g/mol. The predicted octanol–water partition coefficient (Wildman–Crippen LogP) is 4.08. The molecule has 20 heavy (non-hydrogen) atoms. The van der Waals surface area contributed by atoms with Gasteiger partial charge in [0.2, 0.25) is 4.88 Å². The third kappa shape index (κ3) is 2.30. The number of nitrogens with zero attached hydrogens (tertiary/aromatic N) is 2. The summed E-state index contributed by atoms with van der Waals surface area (Å²) in [6.45, 7) is 4.09. The second kappa shape index (κ2) is 5.06. The maximum Gasteiger partial charge on any atom is 0.345 e. The summed E-state index contributed by atoms with van der Waals surface area (Å²) in [4.78, 5) is 10.1. The van der Waals surface area contributed by atoms with E-state index >= 15 is 0 Å². The minimum Gasteiger partial charge on any atom is -0.339 e. The standard InChI is InChI=1S/C16H16N3S/c1-11-8-12(2)19-15(9-11)20-14(10-18-16(20)17)13-6-4-3-5-7-13/h3-10H,1-2H3,(H2,17,18)/q+1. The minimum absolute atomic E-state index is 0.367. The predicted molar refractivity (Wildman–Crippen MR) is 85.2 cm³/mol. The van der Waals surface area contributed by atoms with E-state index in [9.17, 15) is 0 Å². The highest BCUT2D eigenvalue weighted by Crippen LogP contribution is 2.44. The highest BCUT2D eigenvalue weighted by atomic mass is 32.2. The van der Waals surface area contributed by atoms with Crippen LogP contribution in [0.1, 0.15) is 11.3 Å². The van der Waals surface area contributed by atoms with Gasteiger partial charge in [0.15, 0.2) is 0 Å². The summed E-state index contributed by atoms with van der Waals surface area (Å²) in [6.07, 6.45) is 1.87. The summed E-state index contributed by atoms with van der Waals surface area (Å²) in [7, 11) is -0.367. The SMILES string of the molecule is Cc1cc(C)nc(-[s+]2c(-c3ccccc3)cnc2N)c1. The number of anilines is 1. The van der Waals surface area contributed by atoms with Gasteiger partial charge in [0.05, 0.1) is 16.7 Å². The molecule has 3 aromatic rings. The fraction of sp³-hybridized carbons (Fsp3) is 0.125. The largest absolute Gasteiger partial charge is 0.345 e. The Morgan fingerprint density at radius 3 is 2.50 bits per heavy atom. The van der Waals surface area contributed by atoms with Crippen LogP contribution in [0.15, 0.2) is 48.7 Å². The van der Waals surface area contributed by atoms with Gasteiger partial charge < -0.3 is 5.73 Å². The molecular formula is C16H16N3S+. The van der Waals surface area contributed by atoms with Crippen molar-refractivity contribution in [2.75, 3.05) is 5.73 Å². The van der Waals surface area contributed by atoms with E-state index in [4.69, 9.17) is 5.73 Å². The Morgan fingerprint density at radius 2 is 1.80 bits per heavy atom. The van der Waals surface area contributed by atoms with Crippen LogP contribution in [0.2, 0.25) is 0 Å². The molecule has 100 valence electrons. The molecule has 0 radical (unpaired) electrons. The highest BCUT2D eigenvalue weighted by molar-refractivity contribution is 7.44. The van der Waals surface area contributed by atoms with Gasteiger partial charge in [-0.3, -0.25) is 0 Å². The van der Waals surface area contributed by atoms with Gasteiger partial charge in [0.25, 0.3) is 5.03 Å². The van der Waals surface area contributed by atoms with Crippen molar-refractivity contribution < 1.29 is 0 Å². The van der Waals surface area contributed by atoms with Gasteiger partial charge in [-0.1, -0.05) is 18.2 Å². The van der Waals surface area contributed by atoms with E-state index in [0.717, 1.165) is 21.2 Å². The number of aromatic nitrogens is 2. The van der Waals surface area contributed by atoms with Crippen molar-refractivity contribution in [3.05, 3.63) is 59.9 Å². The van der Waals surface area contributed by atoms with Crippen LogP contribution in [0.25, 0.3) is 15.5 Å². The van der Waals surface area contributed by atoms with Crippen LogP contribution in [0.5, 0.6) is 0 Å². The molecule has 0 aliphatic carbocycles. The van der Waals surface area contributed by atoms with Crippen molar-refractivity contribution in [1.29, 1.82) is 0 Å². The molecule has 3 rings (SSSR count). The van der Waals surface area contributed by atoms with E-state index in [1.54, 1.807) is 0 Å². The van der Waals surface area contributed by atoms with E-state index < -0.39 is 0 Å². The van der Waals surface area contributed by atoms with Crippen molar-refractivity contribution in [2.45, 2.75) is 13.8 Å². The zero-order valence-corrected chi connectivity index (χ0v) is 12.3. The lowest BCUT2D eigenvalue weighted by molar-refractivity contribution is 1.20. The molecule has 3 nitrogen and oxygen atoms in total. The first-order chi connectivity index (χ1) is 9.65. The van der Waals surface area contributed by atoms with Gasteiger partial charge in [-0.15, -0.1) is 0 Å². The number of nitrogen functional groups attached to an aromatic ring is 1. The summed E-state index contributed by atoms with van der Waals surface area (Å²) >= 11 is 0. The molecule has 0 amide bonds.